The number of carboxylic acids is 1. The Balaban J connectivity index is 1.87. The first-order chi connectivity index (χ1) is 12.1. The van der Waals surface area contributed by atoms with Crippen LogP contribution in [-0.4, -0.2) is 30.2 Å². The van der Waals surface area contributed by atoms with Gasteiger partial charge in [-0.05, 0) is 17.2 Å². The van der Waals surface area contributed by atoms with Crippen LogP contribution in [0.25, 0.3) is 10.9 Å². The van der Waals surface area contributed by atoms with Crippen molar-refractivity contribution in [2.45, 2.75) is 6.54 Å². The lowest BCUT2D eigenvalue weighted by Gasteiger charge is -2.12. The summed E-state index contributed by atoms with van der Waals surface area (Å²) in [4.78, 5) is 19.3. The highest BCUT2D eigenvalue weighted by Gasteiger charge is 2.10. The van der Waals surface area contributed by atoms with E-state index < -0.39 is 5.97 Å². The normalized spacial score (nSPS) is 10.5. The van der Waals surface area contributed by atoms with Crippen LogP contribution in [0, 0.1) is 0 Å². The molecule has 0 fully saturated rings. The maximum absolute atomic E-state index is 10.8. The molecular formula is C18H16N3O4-. The Morgan fingerprint density at radius 3 is 2.40 bits per heavy atom. The number of anilines is 1. The molecule has 0 unspecified atom stereocenters. The Hall–Kier alpha value is -3.35. The number of rotatable bonds is 6. The minimum absolute atomic E-state index is 0.146. The molecule has 1 heterocycles. The Morgan fingerprint density at radius 2 is 1.76 bits per heavy atom. The second kappa shape index (κ2) is 7.04. The van der Waals surface area contributed by atoms with Gasteiger partial charge in [0.25, 0.3) is 0 Å². The van der Waals surface area contributed by atoms with E-state index in [1.165, 1.54) is 18.5 Å². The van der Waals surface area contributed by atoms with Gasteiger partial charge in [0, 0.05) is 18.0 Å². The molecule has 0 saturated heterocycles. The molecule has 3 rings (SSSR count). The van der Waals surface area contributed by atoms with Gasteiger partial charge in [-0.25, -0.2) is 9.97 Å². The van der Waals surface area contributed by atoms with Crippen molar-refractivity contribution in [2.24, 2.45) is 0 Å². The number of carboxylic acid groups (broad SMARTS) is 1. The lowest BCUT2D eigenvalue weighted by Crippen LogP contribution is -2.22. The molecular weight excluding hydrogens is 322 g/mol. The van der Waals surface area contributed by atoms with Crippen molar-refractivity contribution in [3.8, 4) is 11.5 Å². The van der Waals surface area contributed by atoms with Crippen LogP contribution in [-0.2, 0) is 6.54 Å². The first-order valence-electron chi connectivity index (χ1n) is 7.53. The summed E-state index contributed by atoms with van der Waals surface area (Å²) in [5, 5.41) is 14.8. The molecule has 0 aliphatic heterocycles. The van der Waals surface area contributed by atoms with Crippen LogP contribution in [0.5, 0.6) is 11.5 Å². The van der Waals surface area contributed by atoms with E-state index in [2.05, 4.69) is 15.3 Å². The predicted molar refractivity (Wildman–Crippen MR) is 90.7 cm³/mol. The highest BCUT2D eigenvalue weighted by atomic mass is 16.5. The number of hydrogen-bond acceptors (Lipinski definition) is 7. The zero-order chi connectivity index (χ0) is 17.8. The lowest BCUT2D eigenvalue weighted by atomic mass is 10.1. The van der Waals surface area contributed by atoms with Gasteiger partial charge in [0.1, 0.15) is 12.1 Å². The predicted octanol–water partition coefficient (Wildman–Crippen LogP) is 1.62. The van der Waals surface area contributed by atoms with Crippen LogP contribution in [0.1, 0.15) is 15.9 Å². The molecule has 0 aliphatic rings. The van der Waals surface area contributed by atoms with E-state index >= 15 is 0 Å². The summed E-state index contributed by atoms with van der Waals surface area (Å²) in [5.74, 6) is 0.640. The van der Waals surface area contributed by atoms with E-state index in [9.17, 15) is 9.90 Å². The van der Waals surface area contributed by atoms with E-state index in [0.717, 1.165) is 16.5 Å². The van der Waals surface area contributed by atoms with E-state index in [1.54, 1.807) is 32.4 Å². The molecule has 0 amide bonds. The van der Waals surface area contributed by atoms with E-state index in [0.29, 0.717) is 23.9 Å². The lowest BCUT2D eigenvalue weighted by molar-refractivity contribution is -0.255. The molecule has 7 nitrogen and oxygen atoms in total. The Morgan fingerprint density at radius 1 is 1.08 bits per heavy atom. The van der Waals surface area contributed by atoms with Crippen molar-refractivity contribution in [3.63, 3.8) is 0 Å². The zero-order valence-electron chi connectivity index (χ0n) is 13.8. The maximum Gasteiger partial charge on any atom is 0.162 e. The molecule has 0 spiro atoms. The van der Waals surface area contributed by atoms with Crippen LogP contribution < -0.4 is 19.9 Å². The molecule has 0 radical (unpaired) electrons. The molecule has 0 saturated carbocycles. The fraction of sp³-hybridized carbons (Fsp3) is 0.167. The summed E-state index contributed by atoms with van der Waals surface area (Å²) in [7, 11) is 3.14. The molecule has 7 heteroatoms. The Bertz CT molecular complexity index is 910. The number of nitrogens with one attached hydrogen (secondary N) is 1. The molecule has 0 bridgehead atoms. The van der Waals surface area contributed by atoms with Crippen molar-refractivity contribution in [1.29, 1.82) is 0 Å². The summed E-state index contributed by atoms with van der Waals surface area (Å²) in [6.07, 6.45) is 1.47. The minimum Gasteiger partial charge on any atom is -0.545 e. The summed E-state index contributed by atoms with van der Waals surface area (Å²) in [6, 6.07) is 10.1. The number of fused-ring (bicyclic) bond motifs is 1. The van der Waals surface area contributed by atoms with Gasteiger partial charge in [-0.1, -0.05) is 24.3 Å². The molecule has 25 heavy (non-hydrogen) atoms. The van der Waals surface area contributed by atoms with Crippen LogP contribution >= 0.6 is 0 Å². The van der Waals surface area contributed by atoms with Crippen LogP contribution in [0.15, 0.2) is 42.7 Å². The van der Waals surface area contributed by atoms with Crippen molar-refractivity contribution in [1.82, 2.24) is 9.97 Å². The van der Waals surface area contributed by atoms with Crippen LogP contribution in [0.4, 0.5) is 5.82 Å². The molecule has 0 atom stereocenters. The summed E-state index contributed by atoms with van der Waals surface area (Å²) in [5.41, 5.74) is 1.78. The average molecular weight is 338 g/mol. The minimum atomic E-state index is -1.19. The third-order valence-corrected chi connectivity index (χ3v) is 3.79. The molecule has 3 aromatic rings. The fourth-order valence-corrected chi connectivity index (χ4v) is 2.47. The van der Waals surface area contributed by atoms with Gasteiger partial charge in [-0.2, -0.15) is 0 Å². The number of carbonyl (C=O) groups is 1. The first kappa shape index (κ1) is 16.5. The smallest absolute Gasteiger partial charge is 0.162 e. The Kier molecular flexibility index (Phi) is 4.65. The maximum atomic E-state index is 10.8. The van der Waals surface area contributed by atoms with Gasteiger partial charge in [0.05, 0.1) is 25.7 Å². The highest BCUT2D eigenvalue weighted by Crippen LogP contribution is 2.33. The number of carbonyl (C=O) groups excluding carboxylic acids is 1. The number of hydrogen-bond donors (Lipinski definition) is 1. The van der Waals surface area contributed by atoms with E-state index in [4.69, 9.17) is 9.47 Å². The number of benzene rings is 2. The topological polar surface area (TPSA) is 96.4 Å². The molecule has 128 valence electrons. The van der Waals surface area contributed by atoms with Gasteiger partial charge in [0.15, 0.2) is 11.5 Å². The molecule has 2 aromatic carbocycles. The largest absolute Gasteiger partial charge is 0.545 e. The van der Waals surface area contributed by atoms with Crippen LogP contribution in [0.2, 0.25) is 0 Å². The van der Waals surface area contributed by atoms with Crippen molar-refractivity contribution < 1.29 is 19.4 Å². The van der Waals surface area contributed by atoms with Gasteiger partial charge in [0.2, 0.25) is 0 Å². The van der Waals surface area contributed by atoms with Gasteiger partial charge < -0.3 is 24.7 Å². The average Bonchev–Trinajstić information content (AvgIpc) is 2.65. The SMILES string of the molecule is COc1cc2ncnc(NCc3ccc(C(=O)[O-])cc3)c2cc1OC. The van der Waals surface area contributed by atoms with Crippen LogP contribution in [0.3, 0.4) is 0 Å². The fourth-order valence-electron chi connectivity index (χ4n) is 2.47. The number of aromatic nitrogens is 2. The zero-order valence-corrected chi connectivity index (χ0v) is 13.8. The third kappa shape index (κ3) is 3.45. The second-order valence-corrected chi connectivity index (χ2v) is 5.28. The van der Waals surface area contributed by atoms with Crippen molar-refractivity contribution >= 4 is 22.7 Å². The van der Waals surface area contributed by atoms with Crippen molar-refractivity contribution in [3.05, 3.63) is 53.9 Å². The summed E-state index contributed by atoms with van der Waals surface area (Å²) >= 11 is 0. The number of aromatic carboxylic acids is 1. The standard InChI is InChI=1S/C18H17N3O4/c1-24-15-7-13-14(8-16(15)25-2)20-10-21-17(13)19-9-11-3-5-12(6-4-11)18(22)23/h3-8,10H,9H2,1-2H3,(H,22,23)(H,19,20,21)/p-1. The van der Waals surface area contributed by atoms with Gasteiger partial charge in [-0.3, -0.25) is 0 Å². The summed E-state index contributed by atoms with van der Waals surface area (Å²) in [6.45, 7) is 0.480. The van der Waals surface area contributed by atoms with Gasteiger partial charge >= 0.3 is 0 Å². The summed E-state index contributed by atoms with van der Waals surface area (Å²) < 4.78 is 10.6. The number of methoxy groups -OCH3 is 2. The van der Waals surface area contributed by atoms with E-state index in [-0.39, 0.29) is 5.56 Å². The highest BCUT2D eigenvalue weighted by molar-refractivity contribution is 5.91. The van der Waals surface area contributed by atoms with E-state index in [1.807, 2.05) is 6.07 Å². The Labute approximate surface area is 144 Å². The number of ether oxygens (including phenoxy) is 2. The molecule has 0 aliphatic carbocycles. The van der Waals surface area contributed by atoms with Crippen molar-refractivity contribution in [2.75, 3.05) is 19.5 Å². The molecule has 1 aromatic heterocycles. The monoisotopic (exact) mass is 338 g/mol. The first-order valence-corrected chi connectivity index (χ1v) is 7.53. The molecule has 1 N–H and O–H groups in total. The van der Waals surface area contributed by atoms with Gasteiger partial charge in [-0.15, -0.1) is 0 Å². The quantitative estimate of drug-likeness (QED) is 0.729. The third-order valence-electron chi connectivity index (χ3n) is 3.79. The number of nitrogens with zero attached hydrogens (tertiary/aromatic N) is 2. The second-order valence-electron chi connectivity index (χ2n) is 5.28.